The molecule has 0 atom stereocenters. The Morgan fingerprint density at radius 2 is 1.87 bits per heavy atom. The van der Waals surface area contributed by atoms with Crippen LogP contribution in [0.4, 0.5) is 5.69 Å². The number of rotatable bonds is 4. The average molecular weight is 308 g/mol. The number of amides is 1. The third-order valence-electron chi connectivity index (χ3n) is 3.43. The summed E-state index contributed by atoms with van der Waals surface area (Å²) >= 11 is 0. The number of aromatic nitrogens is 1. The number of nitrogens with one attached hydrogen (secondary N) is 2. The van der Waals surface area contributed by atoms with E-state index in [1.807, 2.05) is 19.1 Å². The lowest BCUT2D eigenvalue weighted by Crippen LogP contribution is -2.19. The molecular weight excluding hydrogens is 292 g/mol. The highest BCUT2D eigenvalue weighted by atomic mass is 16.5. The molecule has 0 saturated carbocycles. The van der Waals surface area contributed by atoms with Crippen LogP contribution in [-0.2, 0) is 0 Å². The fourth-order valence-electron chi connectivity index (χ4n) is 2.37. The predicted molar refractivity (Wildman–Crippen MR) is 90.1 cm³/mol. The number of aromatic amines is 1. The molecule has 3 aromatic rings. The highest BCUT2D eigenvalue weighted by molar-refractivity contribution is 6.05. The number of carbonyl (C=O) groups excluding carboxylic acids is 1. The van der Waals surface area contributed by atoms with E-state index in [9.17, 15) is 9.59 Å². The third kappa shape index (κ3) is 3.08. The van der Waals surface area contributed by atoms with E-state index < -0.39 is 0 Å². The van der Waals surface area contributed by atoms with Crippen LogP contribution in [0.3, 0.4) is 0 Å². The van der Waals surface area contributed by atoms with Crippen LogP contribution in [0.5, 0.6) is 5.75 Å². The Labute approximate surface area is 132 Å². The van der Waals surface area contributed by atoms with Crippen LogP contribution < -0.4 is 15.6 Å². The molecule has 0 bridgehead atoms. The SMILES string of the molecule is CCOc1ccccc1NC(=O)c1cc2ccccc2c(=O)[nH]1. The van der Waals surface area contributed by atoms with E-state index in [-0.39, 0.29) is 17.2 Å². The van der Waals surface area contributed by atoms with Crippen molar-refractivity contribution in [3.05, 3.63) is 70.6 Å². The normalized spacial score (nSPS) is 10.5. The molecule has 0 aliphatic carbocycles. The Kier molecular flexibility index (Phi) is 4.10. The van der Waals surface area contributed by atoms with Crippen molar-refractivity contribution < 1.29 is 9.53 Å². The van der Waals surface area contributed by atoms with Gasteiger partial charge in [0.25, 0.3) is 11.5 Å². The van der Waals surface area contributed by atoms with E-state index in [0.717, 1.165) is 5.39 Å². The zero-order valence-electron chi connectivity index (χ0n) is 12.6. The Balaban J connectivity index is 1.94. The molecule has 0 fully saturated rings. The van der Waals surface area contributed by atoms with Crippen molar-refractivity contribution in [1.82, 2.24) is 4.98 Å². The average Bonchev–Trinajstić information content (AvgIpc) is 2.57. The van der Waals surface area contributed by atoms with Gasteiger partial charge in [-0.2, -0.15) is 0 Å². The van der Waals surface area contributed by atoms with Gasteiger partial charge < -0.3 is 15.0 Å². The largest absolute Gasteiger partial charge is 0.492 e. The van der Waals surface area contributed by atoms with Crippen molar-refractivity contribution >= 4 is 22.4 Å². The van der Waals surface area contributed by atoms with Gasteiger partial charge in [0.05, 0.1) is 12.3 Å². The lowest BCUT2D eigenvalue weighted by atomic mass is 10.1. The number of hydrogen-bond acceptors (Lipinski definition) is 3. The number of para-hydroxylation sites is 2. The van der Waals surface area contributed by atoms with Gasteiger partial charge in [-0.15, -0.1) is 0 Å². The fraction of sp³-hybridized carbons (Fsp3) is 0.111. The number of hydrogen-bond donors (Lipinski definition) is 2. The topological polar surface area (TPSA) is 71.2 Å². The molecular formula is C18H16N2O3. The number of carbonyl (C=O) groups is 1. The summed E-state index contributed by atoms with van der Waals surface area (Å²) in [4.78, 5) is 27.1. The molecule has 2 aromatic carbocycles. The van der Waals surface area contributed by atoms with Gasteiger partial charge in [-0.1, -0.05) is 30.3 Å². The first-order chi connectivity index (χ1) is 11.2. The monoisotopic (exact) mass is 308 g/mol. The minimum Gasteiger partial charge on any atom is -0.492 e. The van der Waals surface area contributed by atoms with Crippen LogP contribution in [0.2, 0.25) is 0 Å². The van der Waals surface area contributed by atoms with Crippen LogP contribution in [0.1, 0.15) is 17.4 Å². The second-order valence-corrected chi connectivity index (χ2v) is 4.98. The van der Waals surface area contributed by atoms with Crippen molar-refractivity contribution in [2.45, 2.75) is 6.92 Å². The molecule has 0 radical (unpaired) electrons. The Morgan fingerprint density at radius 1 is 1.13 bits per heavy atom. The molecule has 23 heavy (non-hydrogen) atoms. The maximum Gasteiger partial charge on any atom is 0.272 e. The van der Waals surface area contributed by atoms with E-state index in [2.05, 4.69) is 10.3 Å². The Bertz CT molecular complexity index is 915. The molecule has 5 nitrogen and oxygen atoms in total. The van der Waals surface area contributed by atoms with E-state index in [1.165, 1.54) is 0 Å². The van der Waals surface area contributed by atoms with Crippen LogP contribution in [0.15, 0.2) is 59.4 Å². The minimum absolute atomic E-state index is 0.208. The van der Waals surface area contributed by atoms with Crippen molar-refractivity contribution in [3.63, 3.8) is 0 Å². The summed E-state index contributed by atoms with van der Waals surface area (Å²) in [7, 11) is 0. The maximum absolute atomic E-state index is 12.4. The van der Waals surface area contributed by atoms with Crippen LogP contribution >= 0.6 is 0 Å². The molecule has 0 unspecified atom stereocenters. The molecule has 116 valence electrons. The van der Waals surface area contributed by atoms with Crippen LogP contribution in [0, 0.1) is 0 Å². The van der Waals surface area contributed by atoms with E-state index >= 15 is 0 Å². The summed E-state index contributed by atoms with van der Waals surface area (Å²) in [6, 6.07) is 16.0. The zero-order valence-corrected chi connectivity index (χ0v) is 12.6. The molecule has 0 spiro atoms. The first-order valence-electron chi connectivity index (χ1n) is 7.34. The Morgan fingerprint density at radius 3 is 2.70 bits per heavy atom. The highest BCUT2D eigenvalue weighted by Crippen LogP contribution is 2.24. The summed E-state index contributed by atoms with van der Waals surface area (Å²) < 4.78 is 5.48. The van der Waals surface area contributed by atoms with E-state index in [4.69, 9.17) is 4.74 Å². The highest BCUT2D eigenvalue weighted by Gasteiger charge is 2.12. The van der Waals surface area contributed by atoms with Gasteiger partial charge in [0.15, 0.2) is 0 Å². The Hall–Kier alpha value is -3.08. The number of H-pyrrole nitrogens is 1. The van der Waals surface area contributed by atoms with Crippen molar-refractivity contribution in [2.75, 3.05) is 11.9 Å². The molecule has 1 heterocycles. The van der Waals surface area contributed by atoms with Crippen molar-refractivity contribution in [3.8, 4) is 5.75 Å². The van der Waals surface area contributed by atoms with Gasteiger partial charge in [0.1, 0.15) is 11.4 Å². The van der Waals surface area contributed by atoms with Gasteiger partial charge in [0.2, 0.25) is 0 Å². The number of anilines is 1. The van der Waals surface area contributed by atoms with Gasteiger partial charge in [-0.25, -0.2) is 0 Å². The van der Waals surface area contributed by atoms with Gasteiger partial charge in [0, 0.05) is 5.39 Å². The minimum atomic E-state index is -0.389. The summed E-state index contributed by atoms with van der Waals surface area (Å²) in [5.41, 5.74) is 0.486. The smallest absolute Gasteiger partial charge is 0.272 e. The van der Waals surface area contributed by atoms with E-state index in [0.29, 0.717) is 23.4 Å². The van der Waals surface area contributed by atoms with Gasteiger partial charge >= 0.3 is 0 Å². The van der Waals surface area contributed by atoms with E-state index in [1.54, 1.807) is 42.5 Å². The molecule has 3 rings (SSSR count). The second-order valence-electron chi connectivity index (χ2n) is 4.98. The van der Waals surface area contributed by atoms with Gasteiger partial charge in [-0.3, -0.25) is 9.59 Å². The summed E-state index contributed by atoms with van der Waals surface area (Å²) in [5.74, 6) is 0.200. The van der Waals surface area contributed by atoms with Gasteiger partial charge in [-0.05, 0) is 36.6 Å². The second kappa shape index (κ2) is 6.36. The summed E-state index contributed by atoms with van der Waals surface area (Å²) in [6.45, 7) is 2.37. The number of pyridine rings is 1. The molecule has 1 aromatic heterocycles. The van der Waals surface area contributed by atoms with Crippen molar-refractivity contribution in [2.24, 2.45) is 0 Å². The molecule has 5 heteroatoms. The number of benzene rings is 2. The fourth-order valence-corrected chi connectivity index (χ4v) is 2.37. The maximum atomic E-state index is 12.4. The summed E-state index contributed by atoms with van der Waals surface area (Å²) in [6.07, 6.45) is 0. The molecule has 0 aliphatic heterocycles. The molecule has 0 aliphatic rings. The standard InChI is InChI=1S/C18H16N2O3/c1-2-23-16-10-6-5-9-14(16)19-18(22)15-11-12-7-3-4-8-13(12)17(21)20-15/h3-11H,2H2,1H3,(H,19,22)(H,20,21). The first-order valence-corrected chi connectivity index (χ1v) is 7.34. The summed E-state index contributed by atoms with van der Waals surface area (Å²) in [5, 5.41) is 4.05. The predicted octanol–water partition coefficient (Wildman–Crippen LogP) is 3.18. The molecule has 1 amide bonds. The third-order valence-corrected chi connectivity index (χ3v) is 3.43. The number of ether oxygens (including phenoxy) is 1. The van der Waals surface area contributed by atoms with Crippen LogP contribution in [-0.4, -0.2) is 17.5 Å². The number of fused-ring (bicyclic) bond motifs is 1. The molecule has 2 N–H and O–H groups in total. The first kappa shape index (κ1) is 14.8. The van der Waals surface area contributed by atoms with Crippen molar-refractivity contribution in [1.29, 1.82) is 0 Å². The zero-order chi connectivity index (χ0) is 16.2. The lowest BCUT2D eigenvalue weighted by Gasteiger charge is -2.11. The quantitative estimate of drug-likeness (QED) is 0.777. The molecule has 0 saturated heterocycles. The lowest BCUT2D eigenvalue weighted by molar-refractivity contribution is 0.102. The van der Waals surface area contributed by atoms with Crippen LogP contribution in [0.25, 0.3) is 10.8 Å².